The molecule has 0 atom stereocenters. The van der Waals surface area contributed by atoms with Crippen molar-refractivity contribution >= 4 is 23.2 Å². The molecule has 0 bridgehead atoms. The lowest BCUT2D eigenvalue weighted by Crippen LogP contribution is -2.31. The number of ether oxygens (including phenoxy) is 1. The molecular formula is C18H20ClFN2O2. The third kappa shape index (κ3) is 4.61. The number of anilines is 1. The number of hydrogen-bond acceptors (Lipinski definition) is 3. The van der Waals surface area contributed by atoms with Gasteiger partial charge in [-0.05, 0) is 36.4 Å². The number of likely N-dealkylation sites (N-methyl/N-ethyl adjacent to an activating group) is 1. The minimum Gasteiger partial charge on any atom is -0.492 e. The Bertz CT molecular complexity index is 722. The molecule has 0 radical (unpaired) electrons. The van der Waals surface area contributed by atoms with E-state index < -0.39 is 5.82 Å². The second-order valence-electron chi connectivity index (χ2n) is 5.59. The van der Waals surface area contributed by atoms with Crippen molar-refractivity contribution in [3.8, 4) is 5.75 Å². The second-order valence-corrected chi connectivity index (χ2v) is 6.03. The quantitative estimate of drug-likeness (QED) is 0.796. The van der Waals surface area contributed by atoms with Crippen LogP contribution in [0.4, 0.5) is 10.1 Å². The van der Waals surface area contributed by atoms with E-state index in [-0.39, 0.29) is 5.91 Å². The van der Waals surface area contributed by atoms with Crippen LogP contribution < -0.4 is 9.64 Å². The lowest BCUT2D eigenvalue weighted by atomic mass is 10.1. The molecule has 0 aromatic heterocycles. The van der Waals surface area contributed by atoms with Crippen LogP contribution >= 0.6 is 11.6 Å². The molecule has 0 saturated carbocycles. The van der Waals surface area contributed by atoms with E-state index in [4.69, 9.17) is 16.3 Å². The Morgan fingerprint density at radius 3 is 2.54 bits per heavy atom. The van der Waals surface area contributed by atoms with Gasteiger partial charge < -0.3 is 14.5 Å². The fourth-order valence-corrected chi connectivity index (χ4v) is 2.36. The van der Waals surface area contributed by atoms with Crippen LogP contribution in [0.15, 0.2) is 42.5 Å². The second kappa shape index (κ2) is 8.02. The topological polar surface area (TPSA) is 32.8 Å². The highest BCUT2D eigenvalue weighted by Crippen LogP contribution is 2.19. The summed E-state index contributed by atoms with van der Waals surface area (Å²) in [6.45, 7) is 0.698. The average Bonchev–Trinajstić information content (AvgIpc) is 2.53. The summed E-state index contributed by atoms with van der Waals surface area (Å²) in [6, 6.07) is 11.5. The van der Waals surface area contributed by atoms with E-state index in [1.54, 1.807) is 62.4 Å². The zero-order valence-corrected chi connectivity index (χ0v) is 14.7. The van der Waals surface area contributed by atoms with Crippen LogP contribution in [0.25, 0.3) is 0 Å². The zero-order valence-electron chi connectivity index (χ0n) is 13.9. The number of carbonyl (C=O) groups excluding carboxylic acids is 1. The first kappa shape index (κ1) is 18.1. The molecule has 4 nitrogen and oxygen atoms in total. The molecule has 1 amide bonds. The number of benzene rings is 2. The lowest BCUT2D eigenvalue weighted by molar-refractivity contribution is 0.0773. The first-order valence-corrected chi connectivity index (χ1v) is 7.87. The molecule has 0 N–H and O–H groups in total. The van der Waals surface area contributed by atoms with Crippen molar-refractivity contribution in [1.82, 2.24) is 4.90 Å². The molecule has 128 valence electrons. The van der Waals surface area contributed by atoms with Crippen LogP contribution in [0.2, 0.25) is 5.02 Å². The number of hydrogen-bond donors (Lipinski definition) is 0. The van der Waals surface area contributed by atoms with Gasteiger partial charge in [0.25, 0.3) is 5.91 Å². The van der Waals surface area contributed by atoms with Crippen molar-refractivity contribution in [2.45, 2.75) is 0 Å². The van der Waals surface area contributed by atoms with E-state index in [9.17, 15) is 9.18 Å². The Morgan fingerprint density at radius 2 is 1.92 bits per heavy atom. The highest BCUT2D eigenvalue weighted by molar-refractivity contribution is 6.30. The standard InChI is InChI=1S/C18H20ClFN2O2/c1-21(2)17-8-7-13(11-16(17)20)18(23)22(3)9-10-24-15-6-4-5-14(19)12-15/h4-8,11-12H,9-10H2,1-3H3. The number of rotatable bonds is 6. The molecule has 0 aliphatic carbocycles. The zero-order chi connectivity index (χ0) is 17.7. The Kier molecular flexibility index (Phi) is 6.04. The van der Waals surface area contributed by atoms with Gasteiger partial charge in [-0.2, -0.15) is 0 Å². The third-order valence-electron chi connectivity index (χ3n) is 3.51. The minimum atomic E-state index is -0.422. The van der Waals surface area contributed by atoms with Crippen molar-refractivity contribution in [2.75, 3.05) is 39.2 Å². The predicted octanol–water partition coefficient (Wildman–Crippen LogP) is 3.70. The number of nitrogens with zero attached hydrogens (tertiary/aromatic N) is 2. The molecule has 0 unspecified atom stereocenters. The number of amides is 1. The molecule has 2 aromatic rings. The summed E-state index contributed by atoms with van der Waals surface area (Å²) in [4.78, 5) is 15.5. The molecule has 0 saturated heterocycles. The van der Waals surface area contributed by atoms with Crippen LogP contribution in [0, 0.1) is 5.82 Å². The van der Waals surface area contributed by atoms with Gasteiger partial charge in [-0.1, -0.05) is 17.7 Å². The minimum absolute atomic E-state index is 0.256. The van der Waals surface area contributed by atoms with E-state index in [0.717, 1.165) is 0 Å². The first-order valence-electron chi connectivity index (χ1n) is 7.49. The SMILES string of the molecule is CN(CCOc1cccc(Cl)c1)C(=O)c1ccc(N(C)C)c(F)c1. The van der Waals surface area contributed by atoms with Crippen LogP contribution in [-0.2, 0) is 0 Å². The molecule has 0 fully saturated rings. The summed E-state index contributed by atoms with van der Waals surface area (Å²) >= 11 is 5.88. The van der Waals surface area contributed by atoms with Gasteiger partial charge in [-0.25, -0.2) is 4.39 Å². The Balaban J connectivity index is 1.93. The predicted molar refractivity (Wildman–Crippen MR) is 94.6 cm³/mol. The van der Waals surface area contributed by atoms with Gasteiger partial charge in [0.2, 0.25) is 0 Å². The normalized spacial score (nSPS) is 10.4. The van der Waals surface area contributed by atoms with Gasteiger partial charge in [0, 0.05) is 31.7 Å². The van der Waals surface area contributed by atoms with Gasteiger partial charge in [0.05, 0.1) is 12.2 Å². The highest BCUT2D eigenvalue weighted by Gasteiger charge is 2.14. The molecule has 2 aromatic carbocycles. The van der Waals surface area contributed by atoms with Crippen molar-refractivity contribution in [3.05, 3.63) is 58.9 Å². The highest BCUT2D eigenvalue weighted by atomic mass is 35.5. The Hall–Kier alpha value is -2.27. The molecule has 0 aliphatic rings. The molecule has 0 aliphatic heterocycles. The van der Waals surface area contributed by atoms with E-state index in [0.29, 0.717) is 35.2 Å². The summed E-state index contributed by atoms with van der Waals surface area (Å²) in [7, 11) is 5.15. The van der Waals surface area contributed by atoms with Crippen molar-refractivity contribution in [1.29, 1.82) is 0 Å². The van der Waals surface area contributed by atoms with Crippen molar-refractivity contribution in [3.63, 3.8) is 0 Å². The number of halogens is 2. The Morgan fingerprint density at radius 1 is 1.17 bits per heavy atom. The molecule has 24 heavy (non-hydrogen) atoms. The summed E-state index contributed by atoms with van der Waals surface area (Å²) in [5, 5.41) is 0.591. The number of carbonyl (C=O) groups is 1. The van der Waals surface area contributed by atoms with Crippen molar-refractivity contribution < 1.29 is 13.9 Å². The summed E-state index contributed by atoms with van der Waals surface area (Å²) in [5.74, 6) is -0.0342. The molecular weight excluding hydrogens is 331 g/mol. The van der Waals surface area contributed by atoms with E-state index in [1.165, 1.54) is 11.0 Å². The molecule has 0 spiro atoms. The van der Waals surface area contributed by atoms with Gasteiger partial charge >= 0.3 is 0 Å². The Labute approximate surface area is 146 Å². The van der Waals surface area contributed by atoms with Gasteiger partial charge in [-0.15, -0.1) is 0 Å². The summed E-state index contributed by atoms with van der Waals surface area (Å²) in [6.07, 6.45) is 0. The fourth-order valence-electron chi connectivity index (χ4n) is 2.18. The molecule has 0 heterocycles. The average molecular weight is 351 g/mol. The summed E-state index contributed by atoms with van der Waals surface area (Å²) in [5.41, 5.74) is 0.752. The van der Waals surface area contributed by atoms with E-state index in [2.05, 4.69) is 0 Å². The third-order valence-corrected chi connectivity index (χ3v) is 3.75. The van der Waals surface area contributed by atoms with Gasteiger partial charge in [0.15, 0.2) is 0 Å². The van der Waals surface area contributed by atoms with Gasteiger partial charge in [0.1, 0.15) is 18.2 Å². The van der Waals surface area contributed by atoms with E-state index in [1.807, 2.05) is 0 Å². The van der Waals surface area contributed by atoms with Gasteiger partial charge in [-0.3, -0.25) is 4.79 Å². The molecule has 6 heteroatoms. The summed E-state index contributed by atoms with van der Waals surface area (Å²) < 4.78 is 19.5. The fraction of sp³-hybridized carbons (Fsp3) is 0.278. The maximum absolute atomic E-state index is 14.0. The van der Waals surface area contributed by atoms with Crippen molar-refractivity contribution in [2.24, 2.45) is 0 Å². The largest absolute Gasteiger partial charge is 0.492 e. The molecule has 2 rings (SSSR count). The van der Waals surface area contributed by atoms with Crippen LogP contribution in [0.5, 0.6) is 5.75 Å². The maximum Gasteiger partial charge on any atom is 0.253 e. The van der Waals surface area contributed by atoms with E-state index >= 15 is 0 Å². The van der Waals surface area contributed by atoms with Crippen LogP contribution in [-0.4, -0.2) is 45.1 Å². The lowest BCUT2D eigenvalue weighted by Gasteiger charge is -2.19. The van der Waals surface area contributed by atoms with Crippen LogP contribution in [0.3, 0.4) is 0 Å². The first-order chi connectivity index (χ1) is 11.4. The maximum atomic E-state index is 14.0. The smallest absolute Gasteiger partial charge is 0.253 e. The monoisotopic (exact) mass is 350 g/mol. The van der Waals surface area contributed by atoms with Crippen LogP contribution in [0.1, 0.15) is 10.4 Å².